The molecule has 3 rings (SSSR count). The van der Waals surface area contributed by atoms with Crippen LogP contribution in [-0.4, -0.2) is 48.6 Å². The lowest BCUT2D eigenvalue weighted by Gasteiger charge is -2.29. The van der Waals surface area contributed by atoms with E-state index in [1.807, 2.05) is 7.05 Å². The summed E-state index contributed by atoms with van der Waals surface area (Å²) in [7, 11) is 4.07. The first-order valence-electron chi connectivity index (χ1n) is 7.54. The minimum Gasteiger partial charge on any atom is -0.369 e. The highest BCUT2D eigenvalue weighted by atomic mass is 32.1. The number of nitrogens with zero attached hydrogens (tertiary/aromatic N) is 3. The van der Waals surface area contributed by atoms with Gasteiger partial charge in [0.25, 0.3) is 0 Å². The number of aryl methyl sites for hydroxylation is 1. The van der Waals surface area contributed by atoms with Gasteiger partial charge in [0.1, 0.15) is 10.6 Å². The molecule has 1 atom stereocenters. The first-order valence-corrected chi connectivity index (χ1v) is 8.35. The molecule has 1 unspecified atom stereocenters. The number of rotatable bonds is 4. The Morgan fingerprint density at radius 3 is 3.05 bits per heavy atom. The predicted molar refractivity (Wildman–Crippen MR) is 90.4 cm³/mol. The summed E-state index contributed by atoms with van der Waals surface area (Å²) in [6.07, 6.45) is 2.59. The van der Waals surface area contributed by atoms with Gasteiger partial charge in [0.15, 0.2) is 0 Å². The summed E-state index contributed by atoms with van der Waals surface area (Å²) in [6.45, 7) is 5.49. The van der Waals surface area contributed by atoms with Crippen LogP contribution in [0.15, 0.2) is 6.07 Å². The summed E-state index contributed by atoms with van der Waals surface area (Å²) in [5.41, 5.74) is 0. The number of fused-ring (bicyclic) bond motifs is 1. The van der Waals surface area contributed by atoms with Gasteiger partial charge in [-0.3, -0.25) is 0 Å². The predicted octanol–water partition coefficient (Wildman–Crippen LogP) is 2.80. The molecule has 1 aliphatic heterocycles. The van der Waals surface area contributed by atoms with Crippen molar-refractivity contribution in [2.24, 2.45) is 5.92 Å². The summed E-state index contributed by atoms with van der Waals surface area (Å²) in [6, 6.07) is 2.18. The van der Waals surface area contributed by atoms with Crippen LogP contribution in [0.25, 0.3) is 10.2 Å². The third kappa shape index (κ3) is 3.27. The third-order valence-corrected chi connectivity index (χ3v) is 4.96. The van der Waals surface area contributed by atoms with Crippen LogP contribution >= 0.6 is 11.3 Å². The molecule has 0 saturated carbocycles. The SMILES string of the molecule is CNc1nc(NCC2CCCN(C)C2)c2cc(C)sc2n1. The molecule has 0 spiro atoms. The van der Waals surface area contributed by atoms with Gasteiger partial charge in [-0.2, -0.15) is 4.98 Å². The standard InChI is InChI=1S/C15H23N5S/c1-10-7-12-13(18-15(16-2)19-14(12)21-10)17-8-11-5-4-6-20(3)9-11/h7,11H,4-6,8-9H2,1-3H3,(H2,16,17,18,19). The van der Waals surface area contributed by atoms with E-state index in [0.29, 0.717) is 11.9 Å². The lowest BCUT2D eigenvalue weighted by Crippen LogP contribution is -2.35. The van der Waals surface area contributed by atoms with Crippen molar-refractivity contribution in [3.63, 3.8) is 0 Å². The average Bonchev–Trinajstić information content (AvgIpc) is 2.85. The number of thiophene rings is 1. The Hall–Kier alpha value is -1.40. The third-order valence-electron chi connectivity index (χ3n) is 4.02. The van der Waals surface area contributed by atoms with Gasteiger partial charge in [0.2, 0.25) is 5.95 Å². The fraction of sp³-hybridized carbons (Fsp3) is 0.600. The van der Waals surface area contributed by atoms with Crippen molar-refractivity contribution in [2.75, 3.05) is 44.4 Å². The quantitative estimate of drug-likeness (QED) is 0.910. The number of likely N-dealkylation sites (tertiary alicyclic amines) is 1. The van der Waals surface area contributed by atoms with Crippen LogP contribution in [0.3, 0.4) is 0 Å². The molecule has 0 amide bonds. The van der Waals surface area contributed by atoms with Crippen molar-refractivity contribution < 1.29 is 0 Å². The molecule has 1 saturated heterocycles. The van der Waals surface area contributed by atoms with Crippen LogP contribution in [0.5, 0.6) is 0 Å². The molecular formula is C15H23N5S. The zero-order chi connectivity index (χ0) is 14.8. The van der Waals surface area contributed by atoms with Crippen LogP contribution in [0.2, 0.25) is 0 Å². The van der Waals surface area contributed by atoms with Gasteiger partial charge in [-0.1, -0.05) is 0 Å². The van der Waals surface area contributed by atoms with Crippen LogP contribution in [0, 0.1) is 12.8 Å². The van der Waals surface area contributed by atoms with E-state index in [1.165, 1.54) is 30.8 Å². The number of hydrogen-bond acceptors (Lipinski definition) is 6. The van der Waals surface area contributed by atoms with Crippen molar-refractivity contribution in [2.45, 2.75) is 19.8 Å². The molecule has 2 N–H and O–H groups in total. The Bertz CT molecular complexity index is 624. The highest BCUT2D eigenvalue weighted by Gasteiger charge is 2.18. The Morgan fingerprint density at radius 2 is 2.29 bits per heavy atom. The summed E-state index contributed by atoms with van der Waals surface area (Å²) in [5, 5.41) is 7.74. The topological polar surface area (TPSA) is 53.1 Å². The first kappa shape index (κ1) is 14.5. The second-order valence-corrected chi connectivity index (χ2v) is 7.11. The maximum absolute atomic E-state index is 4.60. The maximum Gasteiger partial charge on any atom is 0.225 e. The second-order valence-electron chi connectivity index (χ2n) is 5.87. The van der Waals surface area contributed by atoms with Gasteiger partial charge >= 0.3 is 0 Å². The van der Waals surface area contributed by atoms with E-state index < -0.39 is 0 Å². The summed E-state index contributed by atoms with van der Waals surface area (Å²) in [4.78, 5) is 13.9. The van der Waals surface area contributed by atoms with Gasteiger partial charge in [0, 0.05) is 25.0 Å². The summed E-state index contributed by atoms with van der Waals surface area (Å²) in [5.74, 6) is 2.35. The van der Waals surface area contributed by atoms with Crippen LogP contribution < -0.4 is 10.6 Å². The molecule has 1 aliphatic rings. The van der Waals surface area contributed by atoms with E-state index in [9.17, 15) is 0 Å². The average molecular weight is 305 g/mol. The Labute approximate surface area is 129 Å². The van der Waals surface area contributed by atoms with Gasteiger partial charge in [-0.25, -0.2) is 4.98 Å². The smallest absolute Gasteiger partial charge is 0.225 e. The van der Waals surface area contributed by atoms with E-state index >= 15 is 0 Å². The van der Waals surface area contributed by atoms with E-state index in [-0.39, 0.29) is 0 Å². The van der Waals surface area contributed by atoms with E-state index in [1.54, 1.807) is 11.3 Å². The molecule has 0 aromatic carbocycles. The van der Waals surface area contributed by atoms with Crippen molar-refractivity contribution in [1.29, 1.82) is 0 Å². The number of hydrogen-bond donors (Lipinski definition) is 2. The lowest BCUT2D eigenvalue weighted by atomic mass is 9.98. The fourth-order valence-corrected chi connectivity index (χ4v) is 3.85. The van der Waals surface area contributed by atoms with Gasteiger partial charge in [-0.05, 0) is 45.3 Å². The van der Waals surface area contributed by atoms with Crippen molar-refractivity contribution in [3.8, 4) is 0 Å². The van der Waals surface area contributed by atoms with Crippen molar-refractivity contribution in [1.82, 2.24) is 14.9 Å². The lowest BCUT2D eigenvalue weighted by molar-refractivity contribution is 0.217. The molecule has 1 fully saturated rings. The van der Waals surface area contributed by atoms with Crippen molar-refractivity contribution >= 4 is 33.3 Å². The Morgan fingerprint density at radius 1 is 1.43 bits per heavy atom. The molecular weight excluding hydrogens is 282 g/mol. The molecule has 5 nitrogen and oxygen atoms in total. The highest BCUT2D eigenvalue weighted by molar-refractivity contribution is 7.18. The number of piperidine rings is 1. The minimum atomic E-state index is 0.688. The number of anilines is 2. The molecule has 2 aromatic rings. The van der Waals surface area contributed by atoms with Gasteiger partial charge in [-0.15, -0.1) is 11.3 Å². The number of nitrogens with one attached hydrogen (secondary N) is 2. The Kier molecular flexibility index (Phi) is 4.26. The Balaban J connectivity index is 1.79. The molecule has 0 aliphatic carbocycles. The zero-order valence-corrected chi connectivity index (χ0v) is 13.8. The second kappa shape index (κ2) is 6.15. The van der Waals surface area contributed by atoms with E-state index in [4.69, 9.17) is 0 Å². The number of aromatic nitrogens is 2. The highest BCUT2D eigenvalue weighted by Crippen LogP contribution is 2.30. The molecule has 2 aromatic heterocycles. The fourth-order valence-electron chi connectivity index (χ4n) is 2.97. The zero-order valence-electron chi connectivity index (χ0n) is 12.9. The van der Waals surface area contributed by atoms with Gasteiger partial charge < -0.3 is 15.5 Å². The summed E-state index contributed by atoms with van der Waals surface area (Å²) < 4.78 is 0. The molecule has 3 heterocycles. The normalized spacial score (nSPS) is 19.9. The van der Waals surface area contributed by atoms with Crippen LogP contribution in [0.4, 0.5) is 11.8 Å². The van der Waals surface area contributed by atoms with E-state index in [2.05, 4.69) is 45.5 Å². The van der Waals surface area contributed by atoms with Crippen LogP contribution in [0.1, 0.15) is 17.7 Å². The van der Waals surface area contributed by atoms with Crippen LogP contribution in [-0.2, 0) is 0 Å². The first-order chi connectivity index (χ1) is 10.2. The summed E-state index contributed by atoms with van der Waals surface area (Å²) >= 11 is 1.72. The minimum absolute atomic E-state index is 0.688. The maximum atomic E-state index is 4.60. The molecule has 0 radical (unpaired) electrons. The largest absolute Gasteiger partial charge is 0.369 e. The van der Waals surface area contributed by atoms with Crippen molar-refractivity contribution in [3.05, 3.63) is 10.9 Å². The molecule has 0 bridgehead atoms. The van der Waals surface area contributed by atoms with E-state index in [0.717, 1.165) is 22.6 Å². The monoisotopic (exact) mass is 305 g/mol. The molecule has 6 heteroatoms. The van der Waals surface area contributed by atoms with Gasteiger partial charge in [0.05, 0.1) is 5.39 Å². The molecule has 21 heavy (non-hydrogen) atoms. The molecule has 114 valence electrons.